The molecule has 15 heavy (non-hydrogen) atoms. The smallest absolute Gasteiger partial charge is 0.180 e. The zero-order valence-electron chi connectivity index (χ0n) is 9.00. The first kappa shape index (κ1) is 12.0. The Kier molecular flexibility index (Phi) is 4.12. The lowest BCUT2D eigenvalue weighted by Gasteiger charge is -2.10. The summed E-state index contributed by atoms with van der Waals surface area (Å²) in [5.41, 5.74) is 0.513. The molecule has 0 aromatic heterocycles. The third-order valence-corrected chi connectivity index (χ3v) is 2.58. The maximum Gasteiger partial charge on any atom is 0.180 e. The molecule has 1 N–H and O–H groups in total. The van der Waals surface area contributed by atoms with Gasteiger partial charge in [0.25, 0.3) is 0 Å². The summed E-state index contributed by atoms with van der Waals surface area (Å²) < 4.78 is 5.01. The zero-order chi connectivity index (χ0) is 11.4. The van der Waals surface area contributed by atoms with E-state index >= 15 is 0 Å². The lowest BCUT2D eigenvalue weighted by atomic mass is 10.1. The van der Waals surface area contributed by atoms with Crippen molar-refractivity contribution in [3.05, 3.63) is 28.8 Å². The highest BCUT2D eigenvalue weighted by atomic mass is 35.5. The number of halogens is 1. The van der Waals surface area contributed by atoms with Gasteiger partial charge < -0.3 is 10.1 Å². The van der Waals surface area contributed by atoms with E-state index in [-0.39, 0.29) is 11.8 Å². The Morgan fingerprint density at radius 3 is 2.67 bits per heavy atom. The molecule has 1 unspecified atom stereocenters. The summed E-state index contributed by atoms with van der Waals surface area (Å²) in [6.45, 7) is 1.79. The second-order valence-corrected chi connectivity index (χ2v) is 3.63. The maximum atomic E-state index is 11.8. The highest BCUT2D eigenvalue weighted by molar-refractivity contribution is 6.34. The van der Waals surface area contributed by atoms with Gasteiger partial charge in [-0.05, 0) is 32.2 Å². The van der Waals surface area contributed by atoms with Crippen molar-refractivity contribution in [2.45, 2.75) is 13.0 Å². The van der Waals surface area contributed by atoms with E-state index in [1.54, 1.807) is 39.3 Å². The van der Waals surface area contributed by atoms with Crippen LogP contribution in [-0.2, 0) is 0 Å². The fourth-order valence-electron chi connectivity index (χ4n) is 1.19. The lowest BCUT2D eigenvalue weighted by Crippen LogP contribution is -2.30. The molecule has 0 saturated heterocycles. The Hall–Kier alpha value is -1.06. The molecule has 0 fully saturated rings. The van der Waals surface area contributed by atoms with E-state index in [9.17, 15) is 4.79 Å². The molecule has 82 valence electrons. The van der Waals surface area contributed by atoms with Gasteiger partial charge in [-0.25, -0.2) is 0 Å². The number of carbonyl (C=O) groups excluding carboxylic acids is 1. The largest absolute Gasteiger partial charge is 0.497 e. The van der Waals surface area contributed by atoms with E-state index in [1.165, 1.54) is 0 Å². The quantitative estimate of drug-likeness (QED) is 0.801. The molecular weight excluding hydrogens is 214 g/mol. The Morgan fingerprint density at radius 1 is 1.53 bits per heavy atom. The number of hydrogen-bond acceptors (Lipinski definition) is 3. The molecule has 0 spiro atoms. The summed E-state index contributed by atoms with van der Waals surface area (Å²) in [5, 5.41) is 3.30. The average molecular weight is 228 g/mol. The topological polar surface area (TPSA) is 38.3 Å². The summed E-state index contributed by atoms with van der Waals surface area (Å²) >= 11 is 5.98. The molecule has 0 aliphatic heterocycles. The van der Waals surface area contributed by atoms with Crippen LogP contribution in [0.3, 0.4) is 0 Å². The monoisotopic (exact) mass is 227 g/mol. The van der Waals surface area contributed by atoms with Gasteiger partial charge in [-0.15, -0.1) is 0 Å². The predicted molar refractivity (Wildman–Crippen MR) is 60.9 cm³/mol. The van der Waals surface area contributed by atoms with Crippen LogP contribution in [0.1, 0.15) is 17.3 Å². The summed E-state index contributed by atoms with van der Waals surface area (Å²) in [4.78, 5) is 11.8. The van der Waals surface area contributed by atoms with Gasteiger partial charge in [-0.3, -0.25) is 4.79 Å². The summed E-state index contributed by atoms with van der Waals surface area (Å²) in [6, 6.07) is 4.80. The van der Waals surface area contributed by atoms with Crippen molar-refractivity contribution >= 4 is 17.4 Å². The van der Waals surface area contributed by atoms with E-state index in [1.807, 2.05) is 0 Å². The third-order valence-electron chi connectivity index (χ3n) is 2.27. The van der Waals surface area contributed by atoms with Crippen molar-refractivity contribution in [3.8, 4) is 5.75 Å². The Labute approximate surface area is 94.4 Å². The molecule has 0 radical (unpaired) electrons. The molecule has 0 bridgehead atoms. The number of methoxy groups -OCH3 is 1. The predicted octanol–water partition coefficient (Wildman–Crippen LogP) is 2.14. The van der Waals surface area contributed by atoms with Gasteiger partial charge >= 0.3 is 0 Å². The average Bonchev–Trinajstić information content (AvgIpc) is 2.26. The Bertz CT molecular complexity index is 366. The molecule has 0 saturated carbocycles. The van der Waals surface area contributed by atoms with Crippen molar-refractivity contribution in [3.63, 3.8) is 0 Å². The number of ketones is 1. The molecule has 0 heterocycles. The van der Waals surface area contributed by atoms with Crippen molar-refractivity contribution in [2.75, 3.05) is 14.2 Å². The number of carbonyl (C=O) groups is 1. The molecule has 1 aromatic carbocycles. The van der Waals surface area contributed by atoms with Crippen LogP contribution in [0.15, 0.2) is 18.2 Å². The first-order valence-corrected chi connectivity index (χ1v) is 5.03. The third kappa shape index (κ3) is 2.70. The number of nitrogens with one attached hydrogen (secondary N) is 1. The zero-order valence-corrected chi connectivity index (χ0v) is 9.76. The number of Topliss-reactive ketones (excluding diaryl/α,β-unsaturated/α-hetero) is 1. The molecule has 1 rings (SSSR count). The molecule has 1 aromatic rings. The Balaban J connectivity index is 3.00. The fraction of sp³-hybridized carbons (Fsp3) is 0.364. The van der Waals surface area contributed by atoms with Crippen LogP contribution in [-0.4, -0.2) is 26.0 Å². The van der Waals surface area contributed by atoms with Gasteiger partial charge in [0.15, 0.2) is 5.78 Å². The van der Waals surface area contributed by atoms with Crippen LogP contribution in [0.25, 0.3) is 0 Å². The van der Waals surface area contributed by atoms with E-state index < -0.39 is 0 Å². The van der Waals surface area contributed by atoms with Gasteiger partial charge in [-0.1, -0.05) is 11.6 Å². The van der Waals surface area contributed by atoms with Crippen LogP contribution in [0, 0.1) is 0 Å². The fourth-order valence-corrected chi connectivity index (χ4v) is 1.45. The minimum absolute atomic E-state index is 0.0230. The second-order valence-electron chi connectivity index (χ2n) is 3.22. The Morgan fingerprint density at radius 2 is 2.20 bits per heavy atom. The highest BCUT2D eigenvalue weighted by Crippen LogP contribution is 2.23. The van der Waals surface area contributed by atoms with Crippen molar-refractivity contribution in [1.29, 1.82) is 0 Å². The van der Waals surface area contributed by atoms with E-state index in [0.717, 1.165) is 0 Å². The van der Waals surface area contributed by atoms with Crippen LogP contribution >= 0.6 is 11.6 Å². The number of ether oxygens (including phenoxy) is 1. The molecule has 0 amide bonds. The first-order chi connectivity index (χ1) is 7.10. The number of rotatable bonds is 4. The number of hydrogen-bond donors (Lipinski definition) is 1. The van der Waals surface area contributed by atoms with Crippen LogP contribution in [0.4, 0.5) is 0 Å². The molecule has 4 heteroatoms. The molecule has 0 aliphatic carbocycles. The van der Waals surface area contributed by atoms with Crippen LogP contribution in [0.5, 0.6) is 5.75 Å². The molecular formula is C11H14ClNO2. The summed E-state index contributed by atoms with van der Waals surface area (Å²) in [6.07, 6.45) is 0. The molecule has 1 atom stereocenters. The first-order valence-electron chi connectivity index (χ1n) is 4.65. The molecule has 0 aliphatic rings. The highest BCUT2D eigenvalue weighted by Gasteiger charge is 2.16. The van der Waals surface area contributed by atoms with Crippen LogP contribution in [0.2, 0.25) is 5.02 Å². The number of likely N-dealkylation sites (N-methyl/N-ethyl adjacent to an activating group) is 1. The van der Waals surface area contributed by atoms with Gasteiger partial charge in [-0.2, -0.15) is 0 Å². The second kappa shape index (κ2) is 5.14. The van der Waals surface area contributed by atoms with Gasteiger partial charge in [0.1, 0.15) is 5.75 Å². The van der Waals surface area contributed by atoms with Gasteiger partial charge in [0.05, 0.1) is 18.2 Å². The van der Waals surface area contributed by atoms with Crippen molar-refractivity contribution < 1.29 is 9.53 Å². The number of benzene rings is 1. The minimum atomic E-state index is -0.240. The standard InChI is InChI=1S/C11H14ClNO2/c1-7(13-2)11(14)9-5-4-8(15-3)6-10(9)12/h4-7,13H,1-3H3. The van der Waals surface area contributed by atoms with E-state index in [4.69, 9.17) is 16.3 Å². The summed E-state index contributed by atoms with van der Waals surface area (Å²) in [7, 11) is 3.30. The molecule has 3 nitrogen and oxygen atoms in total. The van der Waals surface area contributed by atoms with Crippen LogP contribution < -0.4 is 10.1 Å². The normalized spacial score (nSPS) is 12.3. The van der Waals surface area contributed by atoms with Gasteiger partial charge in [0.2, 0.25) is 0 Å². The van der Waals surface area contributed by atoms with Gasteiger partial charge in [0, 0.05) is 5.56 Å². The van der Waals surface area contributed by atoms with Crippen molar-refractivity contribution in [1.82, 2.24) is 5.32 Å². The SMILES string of the molecule is CNC(C)C(=O)c1ccc(OC)cc1Cl. The minimum Gasteiger partial charge on any atom is -0.497 e. The summed E-state index contributed by atoms with van der Waals surface area (Å²) in [5.74, 6) is 0.624. The van der Waals surface area contributed by atoms with E-state index in [0.29, 0.717) is 16.3 Å². The van der Waals surface area contributed by atoms with E-state index in [2.05, 4.69) is 5.32 Å². The maximum absolute atomic E-state index is 11.8. The lowest BCUT2D eigenvalue weighted by molar-refractivity contribution is 0.0955. The van der Waals surface area contributed by atoms with Crippen molar-refractivity contribution in [2.24, 2.45) is 0 Å².